The summed E-state index contributed by atoms with van der Waals surface area (Å²) in [7, 11) is 1.86. The third kappa shape index (κ3) is 3.65. The van der Waals surface area contributed by atoms with Crippen molar-refractivity contribution in [1.29, 1.82) is 0 Å². The SMILES string of the molecule is Cn1c2ccccc2c2cnn(CC(=O)NCCCN3CCOCC3)c(=O)c21. The average Bonchev–Trinajstić information content (AvgIpc) is 3.01. The van der Waals surface area contributed by atoms with Gasteiger partial charge >= 0.3 is 0 Å². The molecule has 148 valence electrons. The molecule has 0 saturated carbocycles. The predicted molar refractivity (Wildman–Crippen MR) is 107 cm³/mol. The largest absolute Gasteiger partial charge is 0.379 e. The number of ether oxygens (including phenoxy) is 1. The van der Waals surface area contributed by atoms with E-state index in [2.05, 4.69) is 15.3 Å². The summed E-state index contributed by atoms with van der Waals surface area (Å²) in [5.74, 6) is -0.199. The maximum Gasteiger partial charge on any atom is 0.291 e. The van der Waals surface area contributed by atoms with Crippen LogP contribution in [-0.2, 0) is 23.1 Å². The number of aromatic nitrogens is 3. The minimum atomic E-state index is -0.250. The normalized spacial score (nSPS) is 15.3. The standard InChI is InChI=1S/C20H25N5O3/c1-23-17-6-3-2-5-15(17)16-13-22-25(20(27)19(16)23)14-18(26)21-7-4-8-24-9-11-28-12-10-24/h2-3,5-6,13H,4,7-12,14H2,1H3,(H,21,26). The number of aryl methyl sites for hydroxylation is 1. The highest BCUT2D eigenvalue weighted by Crippen LogP contribution is 2.24. The first-order valence-electron chi connectivity index (χ1n) is 9.65. The zero-order valence-corrected chi connectivity index (χ0v) is 16.1. The summed E-state index contributed by atoms with van der Waals surface area (Å²) in [5, 5.41) is 8.90. The number of rotatable bonds is 6. The summed E-state index contributed by atoms with van der Waals surface area (Å²) in [6.45, 7) is 4.88. The molecule has 0 spiro atoms. The summed E-state index contributed by atoms with van der Waals surface area (Å²) < 4.78 is 8.43. The lowest BCUT2D eigenvalue weighted by molar-refractivity contribution is -0.121. The van der Waals surface area contributed by atoms with E-state index < -0.39 is 0 Å². The zero-order valence-electron chi connectivity index (χ0n) is 16.1. The van der Waals surface area contributed by atoms with Crippen molar-refractivity contribution in [3.63, 3.8) is 0 Å². The van der Waals surface area contributed by atoms with Gasteiger partial charge < -0.3 is 14.6 Å². The molecule has 1 fully saturated rings. The van der Waals surface area contributed by atoms with Crippen LogP contribution in [0.15, 0.2) is 35.3 Å². The van der Waals surface area contributed by atoms with Gasteiger partial charge in [-0.2, -0.15) is 5.10 Å². The Morgan fingerprint density at radius 3 is 2.82 bits per heavy atom. The number of hydrogen-bond acceptors (Lipinski definition) is 5. The van der Waals surface area contributed by atoms with Crippen molar-refractivity contribution in [3.8, 4) is 0 Å². The van der Waals surface area contributed by atoms with Crippen LogP contribution in [0.3, 0.4) is 0 Å². The van der Waals surface area contributed by atoms with Gasteiger partial charge in [-0.3, -0.25) is 14.5 Å². The smallest absolute Gasteiger partial charge is 0.291 e. The Morgan fingerprint density at radius 1 is 1.21 bits per heavy atom. The molecule has 3 heterocycles. The van der Waals surface area contributed by atoms with E-state index in [1.807, 2.05) is 35.9 Å². The number of carbonyl (C=O) groups is 1. The fraction of sp³-hybridized carbons (Fsp3) is 0.450. The molecule has 0 atom stereocenters. The van der Waals surface area contributed by atoms with Crippen LogP contribution in [0, 0.1) is 0 Å². The predicted octanol–water partition coefficient (Wildman–Crippen LogP) is 0.727. The molecule has 4 rings (SSSR count). The molecule has 1 aliphatic rings. The monoisotopic (exact) mass is 383 g/mol. The second kappa shape index (κ2) is 8.12. The first kappa shape index (κ1) is 18.6. The number of benzene rings is 1. The Kier molecular flexibility index (Phi) is 5.40. The van der Waals surface area contributed by atoms with E-state index in [0.29, 0.717) is 12.1 Å². The van der Waals surface area contributed by atoms with Crippen molar-refractivity contribution in [2.45, 2.75) is 13.0 Å². The van der Waals surface area contributed by atoms with Crippen LogP contribution < -0.4 is 10.9 Å². The summed E-state index contributed by atoms with van der Waals surface area (Å²) >= 11 is 0. The van der Waals surface area contributed by atoms with Crippen molar-refractivity contribution in [1.82, 2.24) is 24.6 Å². The van der Waals surface area contributed by atoms with E-state index in [1.54, 1.807) is 6.20 Å². The van der Waals surface area contributed by atoms with Crippen LogP contribution >= 0.6 is 0 Å². The van der Waals surface area contributed by atoms with Gasteiger partial charge in [0.25, 0.3) is 5.56 Å². The number of hydrogen-bond donors (Lipinski definition) is 1. The van der Waals surface area contributed by atoms with Crippen LogP contribution in [0.1, 0.15) is 6.42 Å². The highest BCUT2D eigenvalue weighted by atomic mass is 16.5. The molecule has 28 heavy (non-hydrogen) atoms. The average molecular weight is 383 g/mol. The molecule has 3 aromatic rings. The lowest BCUT2D eigenvalue weighted by atomic mass is 10.2. The second-order valence-electron chi connectivity index (χ2n) is 7.10. The van der Waals surface area contributed by atoms with Gasteiger partial charge in [0.15, 0.2) is 0 Å². The van der Waals surface area contributed by atoms with E-state index >= 15 is 0 Å². The zero-order chi connectivity index (χ0) is 19.5. The molecule has 0 unspecified atom stereocenters. The molecule has 8 heteroatoms. The summed E-state index contributed by atoms with van der Waals surface area (Å²) in [6, 6.07) is 7.83. The Balaban J connectivity index is 1.41. The highest BCUT2D eigenvalue weighted by molar-refractivity contribution is 6.07. The lowest BCUT2D eigenvalue weighted by Crippen LogP contribution is -2.39. The molecule has 1 amide bonds. The number of nitrogens with zero attached hydrogens (tertiary/aromatic N) is 4. The van der Waals surface area contributed by atoms with Crippen LogP contribution in [-0.4, -0.2) is 64.5 Å². The number of nitrogens with one attached hydrogen (secondary N) is 1. The van der Waals surface area contributed by atoms with E-state index in [1.165, 1.54) is 4.68 Å². The van der Waals surface area contributed by atoms with Crippen molar-refractivity contribution in [3.05, 3.63) is 40.8 Å². The van der Waals surface area contributed by atoms with Crippen molar-refractivity contribution >= 4 is 27.7 Å². The first-order valence-corrected chi connectivity index (χ1v) is 9.65. The second-order valence-corrected chi connectivity index (χ2v) is 7.10. The van der Waals surface area contributed by atoms with Crippen LogP contribution in [0.2, 0.25) is 0 Å². The molecule has 1 aliphatic heterocycles. The van der Waals surface area contributed by atoms with Gasteiger partial charge in [-0.05, 0) is 19.0 Å². The van der Waals surface area contributed by atoms with E-state index in [4.69, 9.17) is 4.74 Å². The molecule has 1 saturated heterocycles. The number of amides is 1. The van der Waals surface area contributed by atoms with E-state index in [0.717, 1.165) is 55.6 Å². The molecular formula is C20H25N5O3. The number of para-hydroxylation sites is 1. The third-order valence-corrected chi connectivity index (χ3v) is 5.28. The van der Waals surface area contributed by atoms with Crippen molar-refractivity contribution < 1.29 is 9.53 Å². The summed E-state index contributed by atoms with van der Waals surface area (Å²) in [4.78, 5) is 27.5. The minimum absolute atomic E-state index is 0.0755. The Bertz CT molecular complexity index is 1050. The lowest BCUT2D eigenvalue weighted by Gasteiger charge is -2.26. The number of carbonyl (C=O) groups excluding carboxylic acids is 1. The Hall–Kier alpha value is -2.71. The molecular weight excluding hydrogens is 358 g/mol. The summed E-state index contributed by atoms with van der Waals surface area (Å²) in [5.41, 5.74) is 1.29. The molecule has 1 aromatic carbocycles. The molecule has 0 bridgehead atoms. The third-order valence-electron chi connectivity index (χ3n) is 5.28. The van der Waals surface area contributed by atoms with Crippen molar-refractivity contribution in [2.75, 3.05) is 39.4 Å². The first-order chi connectivity index (χ1) is 13.6. The topological polar surface area (TPSA) is 81.4 Å². The highest BCUT2D eigenvalue weighted by Gasteiger charge is 2.15. The van der Waals surface area contributed by atoms with Gasteiger partial charge in [0.05, 0.1) is 19.4 Å². The van der Waals surface area contributed by atoms with Gasteiger partial charge in [0.1, 0.15) is 12.1 Å². The van der Waals surface area contributed by atoms with E-state index in [-0.39, 0.29) is 18.0 Å². The van der Waals surface area contributed by atoms with Gasteiger partial charge in [-0.25, -0.2) is 4.68 Å². The van der Waals surface area contributed by atoms with Crippen LogP contribution in [0.4, 0.5) is 0 Å². The maximum absolute atomic E-state index is 12.9. The molecule has 0 aliphatic carbocycles. The number of fused-ring (bicyclic) bond motifs is 3. The maximum atomic E-state index is 12.9. The van der Waals surface area contributed by atoms with Crippen LogP contribution in [0.25, 0.3) is 21.8 Å². The molecule has 1 N–H and O–H groups in total. The van der Waals surface area contributed by atoms with Gasteiger partial charge in [-0.15, -0.1) is 0 Å². The Labute approximate surface area is 162 Å². The van der Waals surface area contributed by atoms with Crippen molar-refractivity contribution in [2.24, 2.45) is 7.05 Å². The fourth-order valence-corrected chi connectivity index (χ4v) is 3.77. The molecule has 0 radical (unpaired) electrons. The summed E-state index contributed by atoms with van der Waals surface area (Å²) in [6.07, 6.45) is 2.54. The Morgan fingerprint density at radius 2 is 2.00 bits per heavy atom. The number of morpholine rings is 1. The van der Waals surface area contributed by atoms with Crippen LogP contribution in [0.5, 0.6) is 0 Å². The van der Waals surface area contributed by atoms with Gasteiger partial charge in [0, 0.05) is 43.0 Å². The van der Waals surface area contributed by atoms with Gasteiger partial charge in [-0.1, -0.05) is 18.2 Å². The quantitative estimate of drug-likeness (QED) is 0.635. The minimum Gasteiger partial charge on any atom is -0.379 e. The molecule has 8 nitrogen and oxygen atoms in total. The molecule has 2 aromatic heterocycles. The fourth-order valence-electron chi connectivity index (χ4n) is 3.77. The van der Waals surface area contributed by atoms with Gasteiger partial charge in [0.2, 0.25) is 5.91 Å². The van der Waals surface area contributed by atoms with E-state index in [9.17, 15) is 9.59 Å².